The molecule has 3 aliphatic heterocycles. The minimum Gasteiger partial charge on any atom is -0.490 e. The van der Waals surface area contributed by atoms with E-state index in [2.05, 4.69) is 51.3 Å². The van der Waals surface area contributed by atoms with Crippen molar-refractivity contribution in [3.05, 3.63) is 106 Å². The van der Waals surface area contributed by atoms with Gasteiger partial charge in [0, 0.05) is 36.7 Å². The molecule has 5 aliphatic rings. The van der Waals surface area contributed by atoms with Crippen LogP contribution >= 0.6 is 0 Å². The molecular formula is C43H51N3O6S. The summed E-state index contributed by atoms with van der Waals surface area (Å²) in [4.78, 5) is 30.2. The van der Waals surface area contributed by atoms with Crippen molar-refractivity contribution in [1.82, 2.24) is 4.72 Å². The molecule has 9 nitrogen and oxygen atoms in total. The number of allylic oxidation sites excluding steroid dienone is 1. The number of hydrogen-bond donors (Lipinski definition) is 1. The van der Waals surface area contributed by atoms with Crippen molar-refractivity contribution in [2.45, 2.75) is 76.9 Å². The third kappa shape index (κ3) is 7.30. The second kappa shape index (κ2) is 14.7. The molecule has 3 aromatic rings. The van der Waals surface area contributed by atoms with Crippen LogP contribution in [0, 0.1) is 24.7 Å². The summed E-state index contributed by atoms with van der Waals surface area (Å²) >= 11 is 0. The number of rotatable bonds is 3. The fraction of sp³-hybridized carbons (Fsp3) is 0.488. The Morgan fingerprint density at radius 2 is 1.94 bits per heavy atom. The third-order valence-electron chi connectivity index (χ3n) is 12.2. The van der Waals surface area contributed by atoms with Crippen LogP contribution in [-0.4, -0.2) is 61.3 Å². The monoisotopic (exact) mass is 737 g/mol. The van der Waals surface area contributed by atoms with Gasteiger partial charge in [0.2, 0.25) is 0 Å². The number of anilines is 1. The molecule has 53 heavy (non-hydrogen) atoms. The van der Waals surface area contributed by atoms with Crippen LogP contribution in [0.3, 0.4) is 0 Å². The summed E-state index contributed by atoms with van der Waals surface area (Å²) in [5.74, 6) is 0.270. The highest BCUT2D eigenvalue weighted by Gasteiger charge is 2.44. The number of carbonyl (C=O) groups excluding carboxylic acids is 2. The van der Waals surface area contributed by atoms with E-state index in [4.69, 9.17) is 14.2 Å². The summed E-state index contributed by atoms with van der Waals surface area (Å²) in [6, 6.07) is 17.7. The highest BCUT2D eigenvalue weighted by Crippen LogP contribution is 2.47. The zero-order valence-electron chi connectivity index (χ0n) is 31.1. The topological polar surface area (TPSA) is 107 Å². The Bertz CT molecular complexity index is 2070. The fourth-order valence-electron chi connectivity index (χ4n) is 9.24. The smallest absolute Gasteiger partial charge is 0.286 e. The first kappa shape index (κ1) is 36.0. The number of benzene rings is 3. The van der Waals surface area contributed by atoms with Crippen molar-refractivity contribution in [3.8, 4) is 5.75 Å². The van der Waals surface area contributed by atoms with Crippen LogP contribution in [0.4, 0.5) is 5.69 Å². The molecular weight excluding hydrogens is 687 g/mol. The Kier molecular flexibility index (Phi) is 9.98. The second-order valence-electron chi connectivity index (χ2n) is 16.0. The molecule has 10 heteroatoms. The van der Waals surface area contributed by atoms with Crippen molar-refractivity contribution < 1.29 is 28.0 Å². The molecule has 2 amide bonds. The molecule has 0 saturated heterocycles. The van der Waals surface area contributed by atoms with Crippen LogP contribution < -0.4 is 14.4 Å². The van der Waals surface area contributed by atoms with Gasteiger partial charge in [-0.3, -0.25) is 14.3 Å². The summed E-state index contributed by atoms with van der Waals surface area (Å²) in [5.41, 5.74) is 7.47. The van der Waals surface area contributed by atoms with Crippen molar-refractivity contribution in [2.75, 3.05) is 44.1 Å². The molecule has 280 valence electrons. The Morgan fingerprint density at radius 1 is 1.06 bits per heavy atom. The van der Waals surface area contributed by atoms with Crippen molar-refractivity contribution in [3.63, 3.8) is 0 Å². The first-order valence-corrected chi connectivity index (χ1v) is 20.9. The summed E-state index contributed by atoms with van der Waals surface area (Å²) in [7, 11) is -1.74. The second-order valence-corrected chi connectivity index (χ2v) is 18.0. The Balaban J connectivity index is 1.18. The number of hydrogen-bond acceptors (Lipinski definition) is 7. The number of fused-ring (bicyclic) bond motifs is 5. The normalized spacial score (nSPS) is 30.3. The summed E-state index contributed by atoms with van der Waals surface area (Å²) in [5, 5.41) is 0. The Labute approximate surface area is 313 Å². The van der Waals surface area contributed by atoms with Gasteiger partial charge in [-0.15, -0.1) is 4.36 Å². The average molecular weight is 738 g/mol. The molecule has 1 N–H and O–H groups in total. The molecule has 1 unspecified atom stereocenters. The number of nitrogens with zero attached hydrogens (tertiary/aromatic N) is 2. The highest BCUT2D eigenvalue weighted by atomic mass is 32.2. The molecule has 1 fully saturated rings. The molecule has 3 heterocycles. The van der Waals surface area contributed by atoms with Crippen LogP contribution in [0.5, 0.6) is 5.75 Å². The number of aryl methyl sites for hydroxylation is 2. The molecule has 6 atom stereocenters. The molecule has 2 bridgehead atoms. The average Bonchev–Trinajstić information content (AvgIpc) is 3.28. The van der Waals surface area contributed by atoms with E-state index in [-0.39, 0.29) is 23.2 Å². The summed E-state index contributed by atoms with van der Waals surface area (Å²) in [6.07, 6.45) is 10.9. The minimum atomic E-state index is -3.52. The van der Waals surface area contributed by atoms with E-state index in [0.29, 0.717) is 55.6 Å². The first-order valence-electron chi connectivity index (χ1n) is 19.2. The van der Waals surface area contributed by atoms with Gasteiger partial charge in [-0.25, -0.2) is 4.21 Å². The SMILES string of the molecule is CO[C@H]1/C=C/C[C@H](C)CS(=O)(NC(=O)c2ccc3c(c2)CCOC3)=NC(=O)c2ccc3c(c2)N(C[C@@H]2CC[C@H]21)C[C@@]1(CCCc2cc(C)ccc21)CO3. The lowest BCUT2D eigenvalue weighted by molar-refractivity contribution is 0.0131. The van der Waals surface area contributed by atoms with Gasteiger partial charge in [-0.1, -0.05) is 48.9 Å². The zero-order chi connectivity index (χ0) is 36.7. The minimum absolute atomic E-state index is 0.0267. The van der Waals surface area contributed by atoms with E-state index in [9.17, 15) is 13.8 Å². The first-order chi connectivity index (χ1) is 25.6. The maximum atomic E-state index is 14.7. The van der Waals surface area contributed by atoms with Gasteiger partial charge in [0.15, 0.2) is 0 Å². The number of ether oxygens (including phenoxy) is 3. The van der Waals surface area contributed by atoms with E-state index < -0.39 is 21.7 Å². The third-order valence-corrected chi connectivity index (χ3v) is 14.2. The van der Waals surface area contributed by atoms with Gasteiger partial charge < -0.3 is 19.1 Å². The molecule has 2 aliphatic carbocycles. The maximum absolute atomic E-state index is 14.7. The van der Waals surface area contributed by atoms with Crippen molar-refractivity contribution in [2.24, 2.45) is 22.1 Å². The maximum Gasteiger partial charge on any atom is 0.286 e. The predicted octanol–water partition coefficient (Wildman–Crippen LogP) is 7.13. The van der Waals surface area contributed by atoms with Crippen molar-refractivity contribution in [1.29, 1.82) is 0 Å². The van der Waals surface area contributed by atoms with Crippen LogP contribution in [0.25, 0.3) is 0 Å². The molecule has 3 aromatic carbocycles. The Hall–Kier alpha value is -3.99. The van der Waals surface area contributed by atoms with E-state index in [0.717, 1.165) is 67.8 Å². The molecule has 8 rings (SSSR count). The lowest BCUT2D eigenvalue weighted by atomic mass is 9.68. The zero-order valence-corrected chi connectivity index (χ0v) is 31.9. The van der Waals surface area contributed by atoms with Gasteiger partial charge in [-0.2, -0.15) is 0 Å². The standard InChI is InChI=1S/C43H51N3O6S/c1-28-9-15-37-31(20-28)7-5-18-43(37)26-46-23-34-12-14-36(34)39(50-3)8-4-6-29(2)25-53(49,45-42(48)33-13-16-40(52-27-43)38(46)22-33)44-41(47)32-10-11-35-24-51-19-17-30(35)21-32/h4,8-11,13,15-16,20-22,29,34,36,39H,5-7,12,14,17-19,23-27H2,1-3H3,(H,44,45,47,48,49)/b8-4+/t29-,34-,36+,39-,43-,53?/m0/s1. The van der Waals surface area contributed by atoms with Gasteiger partial charge in [0.25, 0.3) is 11.8 Å². The van der Waals surface area contributed by atoms with E-state index in [1.807, 2.05) is 31.2 Å². The van der Waals surface area contributed by atoms with Crippen LogP contribution in [0.15, 0.2) is 71.1 Å². The van der Waals surface area contributed by atoms with Gasteiger partial charge in [0.1, 0.15) is 15.7 Å². The number of amides is 2. The van der Waals surface area contributed by atoms with E-state index in [1.54, 1.807) is 19.2 Å². The number of nitrogens with one attached hydrogen (secondary N) is 1. The van der Waals surface area contributed by atoms with Crippen molar-refractivity contribution >= 4 is 27.4 Å². The van der Waals surface area contributed by atoms with E-state index >= 15 is 0 Å². The summed E-state index contributed by atoms with van der Waals surface area (Å²) < 4.78 is 40.1. The molecule has 1 saturated carbocycles. The number of methoxy groups -OCH3 is 1. The van der Waals surface area contributed by atoms with Gasteiger partial charge in [0.05, 0.1) is 37.4 Å². The van der Waals surface area contributed by atoms with Crippen LogP contribution in [0.1, 0.15) is 87.6 Å². The highest BCUT2D eigenvalue weighted by molar-refractivity contribution is 7.92. The molecule has 0 aromatic heterocycles. The van der Waals surface area contributed by atoms with Crippen LogP contribution in [0.2, 0.25) is 0 Å². The number of carbonyl (C=O) groups is 2. The predicted molar refractivity (Wildman–Crippen MR) is 207 cm³/mol. The largest absolute Gasteiger partial charge is 0.490 e. The van der Waals surface area contributed by atoms with Gasteiger partial charge >= 0.3 is 0 Å². The quantitative estimate of drug-likeness (QED) is 0.285. The van der Waals surface area contributed by atoms with Crippen LogP contribution in [-0.2, 0) is 44.3 Å². The lowest BCUT2D eigenvalue weighted by Crippen LogP contribution is -2.49. The fourth-order valence-corrected chi connectivity index (χ4v) is 11.1. The molecule has 0 radical (unpaired) electrons. The lowest BCUT2D eigenvalue weighted by Gasteiger charge is -2.46. The van der Waals surface area contributed by atoms with E-state index in [1.165, 1.54) is 16.7 Å². The van der Waals surface area contributed by atoms with Gasteiger partial charge in [-0.05, 0) is 122 Å². The molecule has 1 spiro atoms. The summed E-state index contributed by atoms with van der Waals surface area (Å²) in [6.45, 7) is 7.35. The Morgan fingerprint density at radius 3 is 2.77 bits per heavy atom.